The summed E-state index contributed by atoms with van der Waals surface area (Å²) in [7, 11) is 1.83. The fourth-order valence-corrected chi connectivity index (χ4v) is 2.28. The molecule has 1 aromatic rings. The third-order valence-electron chi connectivity index (χ3n) is 3.05. The Kier molecular flexibility index (Phi) is 7.41. The molecule has 0 radical (unpaired) electrons. The van der Waals surface area contributed by atoms with Gasteiger partial charge in [0, 0.05) is 32.7 Å². The number of anilines is 1. The highest BCUT2D eigenvalue weighted by molar-refractivity contribution is 7.98. The molecule has 0 aliphatic carbocycles. The second kappa shape index (κ2) is 8.86. The van der Waals surface area contributed by atoms with Gasteiger partial charge in [0.25, 0.3) is 0 Å². The molecule has 0 fully saturated rings. The van der Waals surface area contributed by atoms with E-state index in [1.807, 2.05) is 30.9 Å². The van der Waals surface area contributed by atoms with Crippen molar-refractivity contribution in [2.45, 2.75) is 26.3 Å². The van der Waals surface area contributed by atoms with Crippen LogP contribution in [0, 0.1) is 0 Å². The second-order valence-corrected chi connectivity index (χ2v) is 5.64. The van der Waals surface area contributed by atoms with E-state index in [4.69, 9.17) is 0 Å². The highest BCUT2D eigenvalue weighted by Gasteiger charge is 2.06. The van der Waals surface area contributed by atoms with Crippen molar-refractivity contribution in [3.05, 3.63) is 29.8 Å². The Labute approximate surface area is 120 Å². The summed E-state index contributed by atoms with van der Waals surface area (Å²) in [6.07, 6.45) is 4.56. The number of nitrogens with one attached hydrogen (secondary N) is 1. The Balaban J connectivity index is 2.50. The van der Waals surface area contributed by atoms with Crippen LogP contribution in [-0.2, 0) is 11.3 Å². The molecule has 0 aliphatic rings. The maximum Gasteiger partial charge on any atom is 0.219 e. The molecule has 4 heteroatoms. The average molecular weight is 280 g/mol. The SMILES string of the molecule is CSCCCCNc1ccccc1CN(C)C(C)=O. The first kappa shape index (κ1) is 15.9. The van der Waals surface area contributed by atoms with Gasteiger partial charge in [-0.1, -0.05) is 18.2 Å². The Bertz CT molecular complexity index is 395. The van der Waals surface area contributed by atoms with Gasteiger partial charge >= 0.3 is 0 Å². The van der Waals surface area contributed by atoms with Gasteiger partial charge in [0.2, 0.25) is 5.91 Å². The van der Waals surface area contributed by atoms with Crippen molar-refractivity contribution >= 4 is 23.4 Å². The fraction of sp³-hybridized carbons (Fsp3) is 0.533. The molecule has 0 aromatic heterocycles. The van der Waals surface area contributed by atoms with E-state index < -0.39 is 0 Å². The van der Waals surface area contributed by atoms with E-state index >= 15 is 0 Å². The minimum atomic E-state index is 0.0924. The van der Waals surface area contributed by atoms with Gasteiger partial charge in [-0.2, -0.15) is 11.8 Å². The summed E-state index contributed by atoms with van der Waals surface area (Å²) >= 11 is 1.89. The summed E-state index contributed by atoms with van der Waals surface area (Å²) in [4.78, 5) is 13.0. The number of hydrogen-bond donors (Lipinski definition) is 1. The minimum Gasteiger partial charge on any atom is -0.385 e. The van der Waals surface area contributed by atoms with Crippen molar-refractivity contribution in [3.63, 3.8) is 0 Å². The van der Waals surface area contributed by atoms with E-state index in [2.05, 4.69) is 23.7 Å². The Morgan fingerprint density at radius 3 is 2.74 bits per heavy atom. The average Bonchev–Trinajstić information content (AvgIpc) is 2.40. The molecule has 1 amide bonds. The highest BCUT2D eigenvalue weighted by atomic mass is 32.2. The van der Waals surface area contributed by atoms with Crippen LogP contribution < -0.4 is 5.32 Å². The summed E-state index contributed by atoms with van der Waals surface area (Å²) in [6.45, 7) is 3.24. The number of hydrogen-bond acceptors (Lipinski definition) is 3. The monoisotopic (exact) mass is 280 g/mol. The molecule has 0 atom stereocenters. The van der Waals surface area contributed by atoms with Gasteiger partial charge in [-0.25, -0.2) is 0 Å². The summed E-state index contributed by atoms with van der Waals surface area (Å²) in [5, 5.41) is 3.47. The van der Waals surface area contributed by atoms with Gasteiger partial charge in [0.15, 0.2) is 0 Å². The van der Waals surface area contributed by atoms with Crippen LogP contribution in [0.2, 0.25) is 0 Å². The van der Waals surface area contributed by atoms with Crippen molar-refractivity contribution in [1.82, 2.24) is 4.90 Å². The van der Waals surface area contributed by atoms with E-state index in [0.717, 1.165) is 12.2 Å². The Morgan fingerprint density at radius 1 is 1.32 bits per heavy atom. The van der Waals surface area contributed by atoms with E-state index in [1.165, 1.54) is 24.2 Å². The molecule has 0 saturated carbocycles. The van der Waals surface area contributed by atoms with Crippen LogP contribution in [0.25, 0.3) is 0 Å². The van der Waals surface area contributed by atoms with Gasteiger partial charge in [-0.3, -0.25) is 4.79 Å². The number of para-hydroxylation sites is 1. The Morgan fingerprint density at radius 2 is 2.05 bits per heavy atom. The summed E-state index contributed by atoms with van der Waals surface area (Å²) < 4.78 is 0. The molecule has 1 rings (SSSR count). The number of nitrogens with zero attached hydrogens (tertiary/aromatic N) is 1. The number of carbonyl (C=O) groups excluding carboxylic acids is 1. The van der Waals surface area contributed by atoms with Gasteiger partial charge in [0.1, 0.15) is 0 Å². The number of benzene rings is 1. The normalized spacial score (nSPS) is 10.3. The molecule has 0 spiro atoms. The highest BCUT2D eigenvalue weighted by Crippen LogP contribution is 2.17. The van der Waals surface area contributed by atoms with Crippen LogP contribution in [0.15, 0.2) is 24.3 Å². The van der Waals surface area contributed by atoms with Crippen molar-refractivity contribution in [2.24, 2.45) is 0 Å². The molecule has 0 aliphatic heterocycles. The number of thioether (sulfide) groups is 1. The van der Waals surface area contributed by atoms with E-state index in [0.29, 0.717) is 6.54 Å². The lowest BCUT2D eigenvalue weighted by atomic mass is 10.1. The van der Waals surface area contributed by atoms with Crippen LogP contribution in [0.3, 0.4) is 0 Å². The topological polar surface area (TPSA) is 32.3 Å². The lowest BCUT2D eigenvalue weighted by Crippen LogP contribution is -2.23. The zero-order valence-electron chi connectivity index (χ0n) is 12.1. The third kappa shape index (κ3) is 6.01. The predicted molar refractivity (Wildman–Crippen MR) is 84.7 cm³/mol. The summed E-state index contributed by atoms with van der Waals surface area (Å²) in [5.74, 6) is 1.31. The van der Waals surface area contributed by atoms with Gasteiger partial charge in [0.05, 0.1) is 0 Å². The quantitative estimate of drug-likeness (QED) is 0.742. The van der Waals surface area contributed by atoms with E-state index in [-0.39, 0.29) is 5.91 Å². The van der Waals surface area contributed by atoms with Crippen LogP contribution in [-0.4, -0.2) is 36.4 Å². The molecule has 19 heavy (non-hydrogen) atoms. The predicted octanol–water partition coefficient (Wildman–Crippen LogP) is 3.22. The van der Waals surface area contributed by atoms with Crippen LogP contribution in [0.5, 0.6) is 0 Å². The standard InChI is InChI=1S/C15H24N2OS/c1-13(18)17(2)12-14-8-4-5-9-15(14)16-10-6-7-11-19-3/h4-5,8-9,16H,6-7,10-12H2,1-3H3. The second-order valence-electron chi connectivity index (χ2n) is 4.66. The van der Waals surface area contributed by atoms with E-state index in [1.54, 1.807) is 11.8 Å². The lowest BCUT2D eigenvalue weighted by Gasteiger charge is -2.18. The maximum absolute atomic E-state index is 11.3. The first-order chi connectivity index (χ1) is 9.15. The van der Waals surface area contributed by atoms with Gasteiger partial charge in [-0.15, -0.1) is 0 Å². The zero-order valence-corrected chi connectivity index (χ0v) is 12.9. The third-order valence-corrected chi connectivity index (χ3v) is 3.75. The molecule has 0 heterocycles. The lowest BCUT2D eigenvalue weighted by molar-refractivity contribution is -0.128. The molecule has 3 nitrogen and oxygen atoms in total. The number of amides is 1. The fourth-order valence-electron chi connectivity index (χ4n) is 1.79. The van der Waals surface area contributed by atoms with Crippen molar-refractivity contribution in [1.29, 1.82) is 0 Å². The molecule has 1 aromatic carbocycles. The zero-order chi connectivity index (χ0) is 14.1. The molecule has 0 saturated heterocycles. The molecule has 106 valence electrons. The summed E-state index contributed by atoms with van der Waals surface area (Å²) in [6, 6.07) is 8.20. The molecular formula is C15H24N2OS. The first-order valence-electron chi connectivity index (χ1n) is 6.67. The molecular weight excluding hydrogens is 256 g/mol. The first-order valence-corrected chi connectivity index (χ1v) is 8.07. The van der Waals surface area contributed by atoms with Gasteiger partial charge < -0.3 is 10.2 Å². The number of carbonyl (C=O) groups is 1. The Hall–Kier alpha value is -1.16. The molecule has 0 unspecified atom stereocenters. The van der Waals surface area contributed by atoms with E-state index in [9.17, 15) is 4.79 Å². The van der Waals surface area contributed by atoms with Crippen LogP contribution in [0.1, 0.15) is 25.3 Å². The van der Waals surface area contributed by atoms with Gasteiger partial charge in [-0.05, 0) is 36.5 Å². The van der Waals surface area contributed by atoms with Crippen molar-refractivity contribution in [2.75, 3.05) is 30.9 Å². The van der Waals surface area contributed by atoms with Crippen LogP contribution in [0.4, 0.5) is 5.69 Å². The largest absolute Gasteiger partial charge is 0.385 e. The van der Waals surface area contributed by atoms with Crippen LogP contribution >= 0.6 is 11.8 Å². The smallest absolute Gasteiger partial charge is 0.219 e. The summed E-state index contributed by atoms with van der Waals surface area (Å²) in [5.41, 5.74) is 2.31. The molecule has 0 bridgehead atoms. The molecule has 1 N–H and O–H groups in total. The number of unbranched alkanes of at least 4 members (excludes halogenated alkanes) is 1. The minimum absolute atomic E-state index is 0.0924. The van der Waals surface area contributed by atoms with Crippen molar-refractivity contribution in [3.8, 4) is 0 Å². The number of rotatable bonds is 8. The van der Waals surface area contributed by atoms with Crippen molar-refractivity contribution < 1.29 is 4.79 Å². The maximum atomic E-state index is 11.3.